The topological polar surface area (TPSA) is 68.2 Å². The minimum atomic E-state index is -4.27. The first-order chi connectivity index (χ1) is 18.7. The maximum atomic E-state index is 13.5. The van der Waals surface area contributed by atoms with E-state index < -0.39 is 11.7 Å². The molecule has 0 bridgehead atoms. The predicted molar refractivity (Wildman–Crippen MR) is 139 cm³/mol. The van der Waals surface area contributed by atoms with E-state index in [0.29, 0.717) is 30.9 Å². The van der Waals surface area contributed by atoms with Crippen molar-refractivity contribution < 1.29 is 37.3 Å². The van der Waals surface area contributed by atoms with E-state index in [0.717, 1.165) is 81.3 Å². The molecule has 1 unspecified atom stereocenters. The first-order valence-corrected chi connectivity index (χ1v) is 13.8. The van der Waals surface area contributed by atoms with Crippen molar-refractivity contribution >= 4 is 5.97 Å². The Morgan fingerprint density at radius 3 is 2.62 bits per heavy atom. The SMILES string of the molecule is COC(=O)CC1COc2cc(O)ccc21.FC(F)(F)c1ccc2c(c1CN1CCC3(CCCO3)CC1)CCC2. The van der Waals surface area contributed by atoms with E-state index in [-0.39, 0.29) is 23.2 Å². The second kappa shape index (κ2) is 11.4. The van der Waals surface area contributed by atoms with E-state index in [1.54, 1.807) is 24.3 Å². The smallest absolute Gasteiger partial charge is 0.416 e. The highest BCUT2D eigenvalue weighted by atomic mass is 19.4. The first kappa shape index (κ1) is 27.8. The van der Waals surface area contributed by atoms with E-state index in [1.165, 1.54) is 13.2 Å². The molecule has 2 aromatic rings. The number of halogens is 3. The Hall–Kier alpha value is -2.78. The van der Waals surface area contributed by atoms with Gasteiger partial charge < -0.3 is 19.3 Å². The number of carbonyl (C=O) groups excluding carboxylic acids is 1. The van der Waals surface area contributed by atoms with Crippen LogP contribution < -0.4 is 4.74 Å². The average Bonchev–Trinajstić information content (AvgIpc) is 3.66. The third kappa shape index (κ3) is 6.19. The molecule has 2 aromatic carbocycles. The molecule has 0 aromatic heterocycles. The van der Waals surface area contributed by atoms with Crippen LogP contribution in [-0.4, -0.2) is 55.0 Å². The number of rotatable bonds is 4. The summed E-state index contributed by atoms with van der Waals surface area (Å²) in [6.45, 7) is 3.40. The molecule has 1 atom stereocenters. The molecule has 1 spiro atoms. The van der Waals surface area contributed by atoms with Gasteiger partial charge in [0.25, 0.3) is 0 Å². The molecule has 212 valence electrons. The van der Waals surface area contributed by atoms with Crippen molar-refractivity contribution in [3.63, 3.8) is 0 Å². The van der Waals surface area contributed by atoms with Crippen molar-refractivity contribution in [2.75, 3.05) is 33.4 Å². The maximum absolute atomic E-state index is 13.5. The number of nitrogens with zero attached hydrogens (tertiary/aromatic N) is 1. The van der Waals surface area contributed by atoms with Gasteiger partial charge in [0.05, 0.1) is 31.3 Å². The Morgan fingerprint density at radius 1 is 1.13 bits per heavy atom. The average molecular weight is 548 g/mol. The highest BCUT2D eigenvalue weighted by Gasteiger charge is 2.40. The zero-order valence-corrected chi connectivity index (χ0v) is 22.3. The largest absolute Gasteiger partial charge is 0.508 e. The van der Waals surface area contributed by atoms with Crippen molar-refractivity contribution in [1.29, 1.82) is 0 Å². The number of methoxy groups -OCH3 is 1. The third-order valence-corrected chi connectivity index (χ3v) is 8.56. The fourth-order valence-electron chi connectivity index (χ4n) is 6.40. The van der Waals surface area contributed by atoms with Gasteiger partial charge in [-0.2, -0.15) is 13.2 Å². The summed E-state index contributed by atoms with van der Waals surface area (Å²) >= 11 is 0. The van der Waals surface area contributed by atoms with Gasteiger partial charge in [-0.25, -0.2) is 0 Å². The van der Waals surface area contributed by atoms with E-state index in [4.69, 9.17) is 9.47 Å². The molecule has 3 aliphatic heterocycles. The highest BCUT2D eigenvalue weighted by Crippen LogP contribution is 2.40. The van der Waals surface area contributed by atoms with Gasteiger partial charge in [0, 0.05) is 43.8 Å². The number of hydrogen-bond donors (Lipinski definition) is 1. The van der Waals surface area contributed by atoms with Gasteiger partial charge in [-0.1, -0.05) is 12.1 Å². The van der Waals surface area contributed by atoms with E-state index in [1.807, 2.05) is 0 Å². The molecule has 0 radical (unpaired) electrons. The fourth-order valence-corrected chi connectivity index (χ4v) is 6.40. The highest BCUT2D eigenvalue weighted by molar-refractivity contribution is 5.71. The van der Waals surface area contributed by atoms with Crippen molar-refractivity contribution in [2.45, 2.75) is 75.6 Å². The number of piperidine rings is 1. The van der Waals surface area contributed by atoms with Crippen LogP contribution in [0.5, 0.6) is 11.5 Å². The summed E-state index contributed by atoms with van der Waals surface area (Å²) < 4.78 is 56.3. The Balaban J connectivity index is 0.000000177. The summed E-state index contributed by atoms with van der Waals surface area (Å²) in [5.74, 6) is 0.619. The number of fused-ring (bicyclic) bond motifs is 2. The first-order valence-electron chi connectivity index (χ1n) is 13.8. The maximum Gasteiger partial charge on any atom is 0.416 e. The fraction of sp³-hybridized carbons (Fsp3) is 0.567. The third-order valence-electron chi connectivity index (χ3n) is 8.56. The standard InChI is InChI=1S/C19H24F3NO.C11H12O4/c20-19(21,22)17-6-5-14-3-1-4-15(14)16(17)13-23-10-8-18(9-11-23)7-2-12-24-18;1-14-11(13)4-7-6-15-10-5-8(12)2-3-9(7)10/h5-6H,1-4,7-13H2;2-3,5,7,12H,4,6H2,1H3. The van der Waals surface area contributed by atoms with Gasteiger partial charge in [-0.3, -0.25) is 9.69 Å². The van der Waals surface area contributed by atoms with Gasteiger partial charge in [0.15, 0.2) is 0 Å². The lowest BCUT2D eigenvalue weighted by atomic mass is 9.88. The Morgan fingerprint density at radius 2 is 1.92 bits per heavy atom. The van der Waals surface area contributed by atoms with Crippen LogP contribution in [0.25, 0.3) is 0 Å². The number of carbonyl (C=O) groups is 1. The molecule has 1 aliphatic carbocycles. The monoisotopic (exact) mass is 547 g/mol. The van der Waals surface area contributed by atoms with Gasteiger partial charge in [-0.05, 0) is 73.8 Å². The lowest BCUT2D eigenvalue weighted by molar-refractivity contribution is -0.141. The van der Waals surface area contributed by atoms with Crippen LogP contribution in [0.15, 0.2) is 30.3 Å². The predicted octanol–water partition coefficient (Wildman–Crippen LogP) is 5.77. The Kier molecular flexibility index (Phi) is 8.10. The van der Waals surface area contributed by atoms with Crippen LogP contribution >= 0.6 is 0 Å². The summed E-state index contributed by atoms with van der Waals surface area (Å²) in [6.07, 6.45) is 2.84. The van der Waals surface area contributed by atoms with Crippen LogP contribution in [0.1, 0.15) is 72.3 Å². The second-order valence-electron chi connectivity index (χ2n) is 11.0. The van der Waals surface area contributed by atoms with Crippen molar-refractivity contribution in [3.8, 4) is 11.5 Å². The molecule has 2 saturated heterocycles. The number of benzene rings is 2. The number of ether oxygens (including phenoxy) is 3. The number of phenolic OH excluding ortho intramolecular Hbond substituents is 1. The van der Waals surface area contributed by atoms with Crippen LogP contribution in [-0.2, 0) is 39.8 Å². The molecule has 6 rings (SSSR count). The van der Waals surface area contributed by atoms with Crippen LogP contribution in [0.3, 0.4) is 0 Å². The van der Waals surface area contributed by atoms with E-state index >= 15 is 0 Å². The normalized spacial score (nSPS) is 21.6. The lowest BCUT2D eigenvalue weighted by Crippen LogP contribution is -2.43. The molecular formula is C30H36F3NO5. The van der Waals surface area contributed by atoms with Gasteiger partial charge in [-0.15, -0.1) is 0 Å². The van der Waals surface area contributed by atoms with E-state index in [9.17, 15) is 23.1 Å². The molecular weight excluding hydrogens is 511 g/mol. The second-order valence-corrected chi connectivity index (χ2v) is 11.0. The minimum absolute atomic E-state index is 0.0159. The Bertz CT molecular complexity index is 1180. The summed E-state index contributed by atoms with van der Waals surface area (Å²) in [6, 6.07) is 7.92. The number of hydrogen-bond acceptors (Lipinski definition) is 6. The van der Waals surface area contributed by atoms with Crippen LogP contribution in [0.4, 0.5) is 13.2 Å². The quantitative estimate of drug-likeness (QED) is 0.491. The summed E-state index contributed by atoms with van der Waals surface area (Å²) in [4.78, 5) is 13.3. The molecule has 39 heavy (non-hydrogen) atoms. The summed E-state index contributed by atoms with van der Waals surface area (Å²) in [5, 5.41) is 9.24. The van der Waals surface area contributed by atoms with Crippen molar-refractivity contribution in [1.82, 2.24) is 4.90 Å². The number of aromatic hydroxyl groups is 1. The molecule has 6 nitrogen and oxygen atoms in total. The zero-order chi connectivity index (χ0) is 27.6. The van der Waals surface area contributed by atoms with E-state index in [2.05, 4.69) is 9.64 Å². The Labute approximate surface area is 227 Å². The molecule has 1 N–H and O–H groups in total. The minimum Gasteiger partial charge on any atom is -0.508 e. The van der Waals surface area contributed by atoms with Gasteiger partial charge in [0.1, 0.15) is 11.5 Å². The van der Waals surface area contributed by atoms with Crippen molar-refractivity contribution in [2.24, 2.45) is 0 Å². The molecule has 2 fully saturated rings. The number of alkyl halides is 3. The molecule has 0 saturated carbocycles. The lowest BCUT2D eigenvalue weighted by Gasteiger charge is -2.39. The van der Waals surface area contributed by atoms with Crippen LogP contribution in [0.2, 0.25) is 0 Å². The number of esters is 1. The molecule has 4 aliphatic rings. The van der Waals surface area contributed by atoms with Gasteiger partial charge >= 0.3 is 12.1 Å². The number of likely N-dealkylation sites (tertiary alicyclic amines) is 1. The van der Waals surface area contributed by atoms with Crippen molar-refractivity contribution in [3.05, 3.63) is 58.1 Å². The summed E-state index contributed by atoms with van der Waals surface area (Å²) in [7, 11) is 1.37. The molecule has 9 heteroatoms. The van der Waals surface area contributed by atoms with Gasteiger partial charge in [0.2, 0.25) is 0 Å². The summed E-state index contributed by atoms with van der Waals surface area (Å²) in [5.41, 5.74) is 3.15. The zero-order valence-electron chi connectivity index (χ0n) is 22.3. The molecule has 3 heterocycles. The van der Waals surface area contributed by atoms with Crippen LogP contribution in [0, 0.1) is 0 Å². The number of aryl methyl sites for hydroxylation is 1. The molecule has 0 amide bonds. The number of phenols is 1.